The highest BCUT2D eigenvalue weighted by molar-refractivity contribution is 7.80. The Morgan fingerprint density at radius 3 is 2.09 bits per heavy atom. The lowest BCUT2D eigenvalue weighted by atomic mass is 10.0. The van der Waals surface area contributed by atoms with Crippen molar-refractivity contribution < 1.29 is 19.4 Å². The monoisotopic (exact) mass is 332 g/mol. The zero-order valence-corrected chi connectivity index (χ0v) is 15.0. The number of carboxylic acids is 1. The Labute approximate surface area is 138 Å². The van der Waals surface area contributed by atoms with Crippen molar-refractivity contribution in [1.82, 2.24) is 10.6 Å². The number of carboxylic acid groups (broad SMARTS) is 1. The number of hydrogen-bond acceptors (Lipinski definition) is 4. The summed E-state index contributed by atoms with van der Waals surface area (Å²) in [6, 6.07) is -0.425. The number of nitrogens with one attached hydrogen (secondary N) is 2. The van der Waals surface area contributed by atoms with E-state index in [2.05, 4.69) is 10.6 Å². The maximum absolute atomic E-state index is 11.8. The molecule has 0 spiro atoms. The molecule has 0 bridgehead atoms. The molecule has 0 rings (SSSR count). The predicted molar refractivity (Wildman–Crippen MR) is 90.1 cm³/mol. The molecule has 0 unspecified atom stereocenters. The molecule has 0 fully saturated rings. The molecule has 1 amide bonds. The molecule has 0 aliphatic rings. The summed E-state index contributed by atoms with van der Waals surface area (Å²) < 4.78 is 5.24. The first-order valence-corrected chi connectivity index (χ1v) is 7.82. The van der Waals surface area contributed by atoms with Gasteiger partial charge < -0.3 is 20.5 Å². The Kier molecular flexibility index (Phi) is 8.37. The second-order valence-corrected chi connectivity index (χ2v) is 7.26. The highest BCUT2D eigenvalue weighted by atomic mass is 32.1. The zero-order valence-electron chi connectivity index (χ0n) is 14.2. The lowest BCUT2D eigenvalue weighted by Crippen LogP contribution is -2.45. The number of amides is 1. The van der Waals surface area contributed by atoms with Gasteiger partial charge in [0, 0.05) is 18.5 Å². The van der Waals surface area contributed by atoms with Crippen molar-refractivity contribution >= 4 is 29.3 Å². The Morgan fingerprint density at radius 2 is 1.68 bits per heavy atom. The summed E-state index contributed by atoms with van der Waals surface area (Å²) in [4.78, 5) is 23.0. The molecular formula is C15H28N2O4S. The van der Waals surface area contributed by atoms with Crippen LogP contribution in [0, 0.1) is 5.92 Å². The SMILES string of the molecule is CC(C)[C@@H](CC(=S)N[C@@H](C)CC(=O)O)NC(=O)OC(C)(C)C. The Bertz CT molecular complexity index is 405. The molecule has 3 N–H and O–H groups in total. The van der Waals surface area contributed by atoms with Crippen LogP contribution in [0.2, 0.25) is 0 Å². The molecule has 0 aliphatic heterocycles. The number of hydrogen-bond donors (Lipinski definition) is 3. The minimum atomic E-state index is -0.880. The van der Waals surface area contributed by atoms with Crippen LogP contribution in [0.4, 0.5) is 4.79 Å². The maximum atomic E-state index is 11.8. The van der Waals surface area contributed by atoms with Gasteiger partial charge in [-0.25, -0.2) is 4.79 Å². The summed E-state index contributed by atoms with van der Waals surface area (Å²) in [5, 5.41) is 14.5. The first-order chi connectivity index (χ1) is 9.90. The Morgan fingerprint density at radius 1 is 1.14 bits per heavy atom. The summed E-state index contributed by atoms with van der Waals surface area (Å²) in [5.41, 5.74) is -0.555. The van der Waals surface area contributed by atoms with Gasteiger partial charge in [-0.15, -0.1) is 0 Å². The summed E-state index contributed by atoms with van der Waals surface area (Å²) in [6.07, 6.45) is -0.0464. The van der Waals surface area contributed by atoms with E-state index in [-0.39, 0.29) is 24.4 Å². The fraction of sp³-hybridized carbons (Fsp3) is 0.800. The highest BCUT2D eigenvalue weighted by Gasteiger charge is 2.23. The van der Waals surface area contributed by atoms with E-state index in [1.807, 2.05) is 13.8 Å². The van der Waals surface area contributed by atoms with E-state index in [0.717, 1.165) is 0 Å². The number of rotatable bonds is 7. The summed E-state index contributed by atoms with van der Waals surface area (Å²) in [7, 11) is 0. The summed E-state index contributed by atoms with van der Waals surface area (Å²) >= 11 is 5.24. The Balaban J connectivity index is 4.49. The first kappa shape index (κ1) is 20.6. The van der Waals surface area contributed by atoms with Crippen molar-refractivity contribution in [2.75, 3.05) is 0 Å². The van der Waals surface area contributed by atoms with Gasteiger partial charge in [-0.05, 0) is 33.6 Å². The average molecular weight is 332 g/mol. The van der Waals surface area contributed by atoms with Crippen LogP contribution in [0.1, 0.15) is 54.4 Å². The van der Waals surface area contributed by atoms with Crippen molar-refractivity contribution in [3.8, 4) is 0 Å². The second-order valence-electron chi connectivity index (χ2n) is 6.77. The second kappa shape index (κ2) is 8.92. The van der Waals surface area contributed by atoms with Crippen molar-refractivity contribution in [2.24, 2.45) is 5.92 Å². The van der Waals surface area contributed by atoms with Crippen molar-refractivity contribution in [3.63, 3.8) is 0 Å². The zero-order chi connectivity index (χ0) is 17.5. The van der Waals surface area contributed by atoms with Gasteiger partial charge in [0.1, 0.15) is 5.60 Å². The molecule has 0 heterocycles. The number of carbonyl (C=O) groups excluding carboxylic acids is 1. The molecule has 0 aromatic rings. The fourth-order valence-electron chi connectivity index (χ4n) is 1.76. The van der Waals surface area contributed by atoms with Gasteiger partial charge in [-0.2, -0.15) is 0 Å². The quantitative estimate of drug-likeness (QED) is 0.621. The molecule has 0 saturated carbocycles. The molecule has 2 atom stereocenters. The fourth-order valence-corrected chi connectivity index (χ4v) is 2.14. The number of ether oxygens (including phenoxy) is 1. The van der Waals surface area contributed by atoms with Crippen LogP contribution < -0.4 is 10.6 Å². The average Bonchev–Trinajstić information content (AvgIpc) is 2.23. The standard InChI is InChI=1S/C15H28N2O4S/c1-9(2)11(17-14(20)21-15(4,5)6)8-12(22)16-10(3)7-13(18)19/h9-11H,7-8H2,1-6H3,(H,16,22)(H,17,20)(H,18,19)/t10-,11+/m0/s1. The third-order valence-corrected chi connectivity index (χ3v) is 3.08. The lowest BCUT2D eigenvalue weighted by molar-refractivity contribution is -0.137. The molecule has 0 aromatic carbocycles. The number of thiocarbonyl (C=S) groups is 1. The molecule has 7 heteroatoms. The number of carbonyl (C=O) groups is 2. The minimum Gasteiger partial charge on any atom is -0.481 e. The predicted octanol–water partition coefficient (Wildman–Crippen LogP) is 2.71. The summed E-state index contributed by atoms with van der Waals surface area (Å²) in [6.45, 7) is 11.1. The van der Waals surface area contributed by atoms with E-state index in [4.69, 9.17) is 22.1 Å². The van der Waals surface area contributed by atoms with Crippen LogP contribution in [0.5, 0.6) is 0 Å². The van der Waals surface area contributed by atoms with Crippen LogP contribution >= 0.6 is 12.2 Å². The van der Waals surface area contributed by atoms with Crippen LogP contribution in [-0.4, -0.2) is 39.8 Å². The molecular weight excluding hydrogens is 304 g/mol. The van der Waals surface area contributed by atoms with E-state index in [1.165, 1.54) is 0 Å². The van der Waals surface area contributed by atoms with Crippen LogP contribution in [-0.2, 0) is 9.53 Å². The van der Waals surface area contributed by atoms with Crippen LogP contribution in [0.3, 0.4) is 0 Å². The van der Waals surface area contributed by atoms with Gasteiger partial charge in [0.15, 0.2) is 0 Å². The van der Waals surface area contributed by atoms with Gasteiger partial charge in [-0.3, -0.25) is 4.79 Å². The van der Waals surface area contributed by atoms with E-state index in [1.54, 1.807) is 27.7 Å². The van der Waals surface area contributed by atoms with Gasteiger partial charge in [0.05, 0.1) is 11.4 Å². The smallest absolute Gasteiger partial charge is 0.407 e. The molecule has 128 valence electrons. The van der Waals surface area contributed by atoms with Gasteiger partial charge in [-0.1, -0.05) is 26.1 Å². The van der Waals surface area contributed by atoms with Gasteiger partial charge in [0.25, 0.3) is 0 Å². The largest absolute Gasteiger partial charge is 0.481 e. The molecule has 0 aliphatic carbocycles. The third kappa shape index (κ3) is 10.4. The van der Waals surface area contributed by atoms with E-state index in [9.17, 15) is 9.59 Å². The van der Waals surface area contributed by atoms with E-state index < -0.39 is 17.7 Å². The lowest BCUT2D eigenvalue weighted by Gasteiger charge is -2.26. The normalized spacial score (nSPS) is 14.1. The Hall–Kier alpha value is -1.37. The van der Waals surface area contributed by atoms with Gasteiger partial charge in [0.2, 0.25) is 0 Å². The molecule has 0 radical (unpaired) electrons. The highest BCUT2D eigenvalue weighted by Crippen LogP contribution is 2.11. The molecule has 6 nitrogen and oxygen atoms in total. The number of alkyl carbamates (subject to hydrolysis) is 1. The topological polar surface area (TPSA) is 87.7 Å². The van der Waals surface area contributed by atoms with Gasteiger partial charge >= 0.3 is 12.1 Å². The molecule has 22 heavy (non-hydrogen) atoms. The van der Waals surface area contributed by atoms with E-state index in [0.29, 0.717) is 11.4 Å². The summed E-state index contributed by atoms with van der Waals surface area (Å²) in [5.74, 6) is -0.711. The van der Waals surface area contributed by atoms with E-state index >= 15 is 0 Å². The maximum Gasteiger partial charge on any atom is 0.407 e. The van der Waals surface area contributed by atoms with Crippen LogP contribution in [0.15, 0.2) is 0 Å². The van der Waals surface area contributed by atoms with Crippen molar-refractivity contribution in [2.45, 2.75) is 72.1 Å². The molecule has 0 saturated heterocycles. The van der Waals surface area contributed by atoms with Crippen molar-refractivity contribution in [1.29, 1.82) is 0 Å². The minimum absolute atomic E-state index is 0.00796. The third-order valence-electron chi connectivity index (χ3n) is 2.80. The molecule has 0 aromatic heterocycles. The van der Waals surface area contributed by atoms with Crippen LogP contribution in [0.25, 0.3) is 0 Å². The number of aliphatic carboxylic acids is 1. The van der Waals surface area contributed by atoms with Crippen molar-refractivity contribution in [3.05, 3.63) is 0 Å². The first-order valence-electron chi connectivity index (χ1n) is 7.41.